The molecule has 2 aromatic carbocycles. The zero-order chi connectivity index (χ0) is 15.1. The highest BCUT2D eigenvalue weighted by Gasteiger charge is 2.14. The number of halogens is 2. The average molecular weight is 306 g/mol. The van der Waals surface area contributed by atoms with Crippen molar-refractivity contribution >= 4 is 11.6 Å². The molecule has 0 saturated heterocycles. The van der Waals surface area contributed by atoms with Crippen LogP contribution < -0.4 is 5.32 Å². The molecular formula is C18H21ClFN. The monoisotopic (exact) mass is 305 g/mol. The summed E-state index contributed by atoms with van der Waals surface area (Å²) >= 11 is 5.82. The first-order valence-corrected chi connectivity index (χ1v) is 7.80. The minimum Gasteiger partial charge on any atom is -0.310 e. The molecule has 0 aliphatic carbocycles. The van der Waals surface area contributed by atoms with Crippen LogP contribution >= 0.6 is 11.6 Å². The Kier molecular flexibility index (Phi) is 6.21. The zero-order valence-electron chi connectivity index (χ0n) is 12.3. The number of aryl methyl sites for hydroxylation is 1. The van der Waals surface area contributed by atoms with E-state index in [9.17, 15) is 4.39 Å². The van der Waals surface area contributed by atoms with E-state index < -0.39 is 0 Å². The Bertz CT molecular complexity index is 556. The Morgan fingerprint density at radius 1 is 1.14 bits per heavy atom. The molecule has 1 atom stereocenters. The van der Waals surface area contributed by atoms with E-state index in [0.717, 1.165) is 25.8 Å². The normalized spacial score (nSPS) is 12.3. The second-order valence-electron chi connectivity index (χ2n) is 5.15. The van der Waals surface area contributed by atoms with Gasteiger partial charge in [-0.3, -0.25) is 0 Å². The van der Waals surface area contributed by atoms with Crippen molar-refractivity contribution in [3.63, 3.8) is 0 Å². The Hall–Kier alpha value is -1.38. The molecule has 0 fully saturated rings. The highest BCUT2D eigenvalue weighted by Crippen LogP contribution is 2.24. The molecule has 0 aliphatic heterocycles. The van der Waals surface area contributed by atoms with Gasteiger partial charge in [0.05, 0.1) is 0 Å². The largest absolute Gasteiger partial charge is 0.310 e. The van der Waals surface area contributed by atoms with Gasteiger partial charge in [0.15, 0.2) is 0 Å². The fourth-order valence-electron chi connectivity index (χ4n) is 2.55. The number of benzene rings is 2. The van der Waals surface area contributed by atoms with Crippen LogP contribution in [0, 0.1) is 5.82 Å². The van der Waals surface area contributed by atoms with Crippen molar-refractivity contribution in [3.8, 4) is 0 Å². The van der Waals surface area contributed by atoms with Gasteiger partial charge in [-0.1, -0.05) is 54.9 Å². The quantitative estimate of drug-likeness (QED) is 0.745. The second-order valence-corrected chi connectivity index (χ2v) is 5.59. The molecule has 1 N–H and O–H groups in total. The summed E-state index contributed by atoms with van der Waals surface area (Å²) in [4.78, 5) is 0. The molecule has 2 aromatic rings. The number of nitrogens with one attached hydrogen (secondary N) is 1. The maximum absolute atomic E-state index is 14.0. The van der Waals surface area contributed by atoms with Crippen molar-refractivity contribution in [3.05, 3.63) is 70.5 Å². The van der Waals surface area contributed by atoms with E-state index in [2.05, 4.69) is 29.6 Å². The Balaban J connectivity index is 1.98. The van der Waals surface area contributed by atoms with Crippen molar-refractivity contribution in [1.29, 1.82) is 0 Å². The summed E-state index contributed by atoms with van der Waals surface area (Å²) in [5.41, 5.74) is 2.03. The number of hydrogen-bond acceptors (Lipinski definition) is 1. The van der Waals surface area contributed by atoms with Crippen molar-refractivity contribution in [2.75, 3.05) is 6.54 Å². The molecule has 3 heteroatoms. The maximum Gasteiger partial charge on any atom is 0.129 e. The molecule has 2 rings (SSSR count). The van der Waals surface area contributed by atoms with Gasteiger partial charge in [0.1, 0.15) is 5.82 Å². The lowest BCUT2D eigenvalue weighted by Crippen LogP contribution is -2.22. The van der Waals surface area contributed by atoms with E-state index in [4.69, 9.17) is 11.6 Å². The van der Waals surface area contributed by atoms with Gasteiger partial charge in [-0.15, -0.1) is 0 Å². The van der Waals surface area contributed by atoms with Gasteiger partial charge in [0.2, 0.25) is 0 Å². The van der Waals surface area contributed by atoms with E-state index in [1.54, 1.807) is 12.1 Å². The van der Waals surface area contributed by atoms with Crippen molar-refractivity contribution in [2.45, 2.75) is 32.2 Å². The standard InChI is InChI=1S/C18H21ClFN/c1-2-21-18(16-12-11-15(19)13-17(16)20)10-6-9-14-7-4-3-5-8-14/h3-5,7-8,11-13,18,21H,2,6,9-10H2,1H3. The molecule has 112 valence electrons. The average Bonchev–Trinajstić information content (AvgIpc) is 2.48. The van der Waals surface area contributed by atoms with Crippen LogP contribution in [0.4, 0.5) is 4.39 Å². The molecule has 0 saturated carbocycles. The molecule has 0 heterocycles. The minimum atomic E-state index is -0.229. The summed E-state index contributed by atoms with van der Waals surface area (Å²) < 4.78 is 14.0. The maximum atomic E-state index is 14.0. The summed E-state index contributed by atoms with van der Waals surface area (Å²) in [6.07, 6.45) is 2.93. The van der Waals surface area contributed by atoms with Crippen LogP contribution in [-0.4, -0.2) is 6.54 Å². The van der Waals surface area contributed by atoms with Crippen LogP contribution in [-0.2, 0) is 6.42 Å². The lowest BCUT2D eigenvalue weighted by Gasteiger charge is -2.19. The first-order chi connectivity index (χ1) is 10.2. The molecule has 0 aromatic heterocycles. The van der Waals surface area contributed by atoms with Gasteiger partial charge in [-0.2, -0.15) is 0 Å². The van der Waals surface area contributed by atoms with E-state index >= 15 is 0 Å². The van der Waals surface area contributed by atoms with Crippen LogP contribution in [0.5, 0.6) is 0 Å². The molecule has 1 nitrogen and oxygen atoms in total. The molecule has 0 radical (unpaired) electrons. The second kappa shape index (κ2) is 8.16. The van der Waals surface area contributed by atoms with Gasteiger partial charge in [-0.25, -0.2) is 4.39 Å². The van der Waals surface area contributed by atoms with Gasteiger partial charge in [-0.05, 0) is 43.5 Å². The molecule has 1 unspecified atom stereocenters. The van der Waals surface area contributed by atoms with Crippen LogP contribution in [0.25, 0.3) is 0 Å². The predicted octanol–water partition coefficient (Wildman–Crippen LogP) is 5.15. The summed E-state index contributed by atoms with van der Waals surface area (Å²) in [6.45, 7) is 2.86. The topological polar surface area (TPSA) is 12.0 Å². The number of rotatable bonds is 7. The summed E-state index contributed by atoms with van der Waals surface area (Å²) in [5, 5.41) is 3.80. The molecule has 0 amide bonds. The van der Waals surface area contributed by atoms with Crippen LogP contribution in [0.1, 0.15) is 36.9 Å². The van der Waals surface area contributed by atoms with Gasteiger partial charge >= 0.3 is 0 Å². The minimum absolute atomic E-state index is 0.0379. The van der Waals surface area contributed by atoms with Gasteiger partial charge < -0.3 is 5.32 Å². The van der Waals surface area contributed by atoms with E-state index in [0.29, 0.717) is 10.6 Å². The first kappa shape index (κ1) is 16.0. The zero-order valence-corrected chi connectivity index (χ0v) is 13.0. The highest BCUT2D eigenvalue weighted by molar-refractivity contribution is 6.30. The van der Waals surface area contributed by atoms with E-state index in [1.165, 1.54) is 11.6 Å². The third-order valence-electron chi connectivity index (χ3n) is 3.59. The van der Waals surface area contributed by atoms with Gasteiger partial charge in [0.25, 0.3) is 0 Å². The predicted molar refractivity (Wildman–Crippen MR) is 87.2 cm³/mol. The van der Waals surface area contributed by atoms with Crippen LogP contribution in [0.2, 0.25) is 5.02 Å². The molecule has 0 spiro atoms. The number of hydrogen-bond donors (Lipinski definition) is 1. The lowest BCUT2D eigenvalue weighted by atomic mass is 9.98. The summed E-state index contributed by atoms with van der Waals surface area (Å²) in [5.74, 6) is -0.229. The lowest BCUT2D eigenvalue weighted by molar-refractivity contribution is 0.472. The Morgan fingerprint density at radius 2 is 1.90 bits per heavy atom. The van der Waals surface area contributed by atoms with E-state index in [-0.39, 0.29) is 11.9 Å². The fraction of sp³-hybridized carbons (Fsp3) is 0.333. The van der Waals surface area contributed by atoms with Crippen LogP contribution in [0.15, 0.2) is 48.5 Å². The molecular weight excluding hydrogens is 285 g/mol. The highest BCUT2D eigenvalue weighted by atomic mass is 35.5. The summed E-state index contributed by atoms with van der Waals surface area (Å²) in [6, 6.07) is 15.3. The van der Waals surface area contributed by atoms with Crippen molar-refractivity contribution in [2.24, 2.45) is 0 Å². The SMILES string of the molecule is CCNC(CCCc1ccccc1)c1ccc(Cl)cc1F. The molecule has 21 heavy (non-hydrogen) atoms. The Labute approximate surface area is 131 Å². The smallest absolute Gasteiger partial charge is 0.129 e. The van der Waals surface area contributed by atoms with Gasteiger partial charge in [0, 0.05) is 16.6 Å². The molecule has 0 bridgehead atoms. The fourth-order valence-corrected chi connectivity index (χ4v) is 2.71. The first-order valence-electron chi connectivity index (χ1n) is 7.43. The van der Waals surface area contributed by atoms with Crippen LogP contribution in [0.3, 0.4) is 0 Å². The van der Waals surface area contributed by atoms with E-state index in [1.807, 2.05) is 13.0 Å². The molecule has 0 aliphatic rings. The van der Waals surface area contributed by atoms with Crippen molar-refractivity contribution in [1.82, 2.24) is 5.32 Å². The van der Waals surface area contributed by atoms with Crippen molar-refractivity contribution < 1.29 is 4.39 Å². The summed E-state index contributed by atoms with van der Waals surface area (Å²) in [7, 11) is 0. The Morgan fingerprint density at radius 3 is 2.57 bits per heavy atom. The third kappa shape index (κ3) is 4.83. The third-order valence-corrected chi connectivity index (χ3v) is 3.82.